The SMILES string of the molecule is O=C(NCc1nc2ccccc2[nH]1)c1ccc(Nc2c([N+](=O)[O-])cc(C(=O)n3cnc4ccccc43)cc2[N+](=O)[O-])cc1. The van der Waals surface area contributed by atoms with Crippen molar-refractivity contribution in [3.63, 3.8) is 0 Å². The molecule has 6 rings (SSSR count). The number of rotatable bonds is 8. The minimum absolute atomic E-state index is 0.159. The van der Waals surface area contributed by atoms with Crippen molar-refractivity contribution in [2.75, 3.05) is 5.32 Å². The molecule has 14 heteroatoms. The van der Waals surface area contributed by atoms with Gasteiger partial charge in [0, 0.05) is 23.4 Å². The number of amides is 1. The molecular formula is C29H20N8O6. The van der Waals surface area contributed by atoms with Crippen molar-refractivity contribution >= 4 is 56.6 Å². The lowest BCUT2D eigenvalue weighted by Gasteiger charge is -2.11. The van der Waals surface area contributed by atoms with Gasteiger partial charge in [0.1, 0.15) is 12.2 Å². The summed E-state index contributed by atoms with van der Waals surface area (Å²) in [6, 6.07) is 22.0. The number of benzene rings is 4. The molecule has 43 heavy (non-hydrogen) atoms. The molecular weight excluding hydrogens is 556 g/mol. The van der Waals surface area contributed by atoms with E-state index in [-0.39, 0.29) is 23.7 Å². The summed E-state index contributed by atoms with van der Waals surface area (Å²) in [6.45, 7) is 0.159. The lowest BCUT2D eigenvalue weighted by Crippen LogP contribution is -2.23. The number of nitro benzene ring substituents is 2. The predicted molar refractivity (Wildman–Crippen MR) is 156 cm³/mol. The normalized spacial score (nSPS) is 11.0. The summed E-state index contributed by atoms with van der Waals surface area (Å²) >= 11 is 0. The first-order chi connectivity index (χ1) is 20.8. The number of carbonyl (C=O) groups excluding carboxylic acids is 2. The second kappa shape index (κ2) is 10.9. The molecule has 0 bridgehead atoms. The van der Waals surface area contributed by atoms with Crippen molar-refractivity contribution in [2.24, 2.45) is 0 Å². The highest BCUT2D eigenvalue weighted by atomic mass is 16.6. The smallest absolute Gasteiger partial charge is 0.300 e. The van der Waals surface area contributed by atoms with Crippen LogP contribution in [0, 0.1) is 20.2 Å². The number of aromatic nitrogens is 4. The number of hydrogen-bond donors (Lipinski definition) is 3. The zero-order valence-electron chi connectivity index (χ0n) is 22.1. The van der Waals surface area contributed by atoms with Gasteiger partial charge in [0.25, 0.3) is 11.8 Å². The average molecular weight is 577 g/mol. The first-order valence-corrected chi connectivity index (χ1v) is 12.8. The zero-order chi connectivity index (χ0) is 30.1. The van der Waals surface area contributed by atoms with Crippen LogP contribution in [-0.4, -0.2) is 41.2 Å². The Morgan fingerprint density at radius 3 is 2.16 bits per heavy atom. The highest BCUT2D eigenvalue weighted by molar-refractivity contribution is 6.03. The molecule has 0 spiro atoms. The maximum Gasteiger partial charge on any atom is 0.300 e. The minimum Gasteiger partial charge on any atom is -0.345 e. The molecule has 14 nitrogen and oxygen atoms in total. The maximum absolute atomic E-state index is 13.2. The predicted octanol–water partition coefficient (Wildman–Crippen LogP) is 5.09. The second-order valence-electron chi connectivity index (χ2n) is 9.40. The number of aromatic amines is 1. The van der Waals surface area contributed by atoms with Crippen LogP contribution >= 0.6 is 0 Å². The number of nitrogens with zero attached hydrogens (tertiary/aromatic N) is 5. The average Bonchev–Trinajstić information content (AvgIpc) is 3.64. The van der Waals surface area contributed by atoms with Gasteiger partial charge >= 0.3 is 11.4 Å². The van der Waals surface area contributed by atoms with E-state index in [0.29, 0.717) is 22.4 Å². The standard InChI is InChI=1S/C29H20N8O6/c38-28(30-15-26-33-20-5-1-2-6-21(20)34-26)17-9-11-19(12-10-17)32-27-24(36(40)41)13-18(14-25(27)37(42)43)29(39)35-16-31-22-7-3-4-8-23(22)35/h1-14,16,32H,15H2,(H,30,38)(H,33,34). The van der Waals surface area contributed by atoms with E-state index in [1.807, 2.05) is 24.3 Å². The third-order valence-corrected chi connectivity index (χ3v) is 6.68. The molecule has 1 amide bonds. The third kappa shape index (κ3) is 5.22. The molecule has 4 aromatic carbocycles. The van der Waals surface area contributed by atoms with E-state index in [0.717, 1.165) is 23.2 Å². The lowest BCUT2D eigenvalue weighted by molar-refractivity contribution is -0.392. The van der Waals surface area contributed by atoms with Gasteiger partial charge in [0.2, 0.25) is 0 Å². The van der Waals surface area contributed by atoms with Gasteiger partial charge in [0.15, 0.2) is 5.69 Å². The van der Waals surface area contributed by atoms with Crippen LogP contribution < -0.4 is 10.6 Å². The molecule has 0 aliphatic heterocycles. The Hall–Kier alpha value is -6.44. The fraction of sp³-hybridized carbons (Fsp3) is 0.0345. The number of para-hydroxylation sites is 4. The van der Waals surface area contributed by atoms with Gasteiger partial charge < -0.3 is 15.6 Å². The van der Waals surface area contributed by atoms with E-state index in [1.165, 1.54) is 35.2 Å². The number of nitrogens with one attached hydrogen (secondary N) is 3. The molecule has 0 saturated heterocycles. The van der Waals surface area contributed by atoms with Crippen LogP contribution in [0.25, 0.3) is 22.1 Å². The van der Waals surface area contributed by atoms with Crippen LogP contribution in [0.5, 0.6) is 0 Å². The summed E-state index contributed by atoms with van der Waals surface area (Å²) in [4.78, 5) is 60.0. The highest BCUT2D eigenvalue weighted by Crippen LogP contribution is 2.38. The molecule has 6 aromatic rings. The molecule has 3 N–H and O–H groups in total. The quantitative estimate of drug-likeness (QED) is 0.163. The largest absolute Gasteiger partial charge is 0.345 e. The molecule has 0 unspecified atom stereocenters. The zero-order valence-corrected chi connectivity index (χ0v) is 22.1. The number of carbonyl (C=O) groups is 2. The van der Waals surface area contributed by atoms with Crippen molar-refractivity contribution in [3.8, 4) is 0 Å². The molecule has 2 heterocycles. The van der Waals surface area contributed by atoms with Gasteiger partial charge in [-0.2, -0.15) is 0 Å². The van der Waals surface area contributed by atoms with Crippen molar-refractivity contribution in [1.82, 2.24) is 24.8 Å². The van der Waals surface area contributed by atoms with Crippen LogP contribution in [0.15, 0.2) is 91.3 Å². The van der Waals surface area contributed by atoms with Crippen LogP contribution in [-0.2, 0) is 6.54 Å². The summed E-state index contributed by atoms with van der Waals surface area (Å²) in [6.07, 6.45) is 1.26. The Labute approximate surface area is 241 Å². The van der Waals surface area contributed by atoms with E-state index >= 15 is 0 Å². The Morgan fingerprint density at radius 1 is 0.837 bits per heavy atom. The Bertz CT molecular complexity index is 2000. The van der Waals surface area contributed by atoms with E-state index in [4.69, 9.17) is 0 Å². The van der Waals surface area contributed by atoms with E-state index < -0.39 is 32.8 Å². The van der Waals surface area contributed by atoms with Crippen molar-refractivity contribution in [3.05, 3.63) is 128 Å². The van der Waals surface area contributed by atoms with E-state index in [2.05, 4.69) is 25.6 Å². The lowest BCUT2D eigenvalue weighted by atomic mass is 10.1. The number of imidazole rings is 2. The Balaban J connectivity index is 1.24. The van der Waals surface area contributed by atoms with Gasteiger partial charge in [-0.05, 0) is 48.5 Å². The van der Waals surface area contributed by atoms with Gasteiger partial charge in [-0.25, -0.2) is 9.97 Å². The van der Waals surface area contributed by atoms with Crippen molar-refractivity contribution in [1.29, 1.82) is 0 Å². The van der Waals surface area contributed by atoms with Crippen molar-refractivity contribution in [2.45, 2.75) is 6.54 Å². The van der Waals surface area contributed by atoms with Gasteiger partial charge in [-0.15, -0.1) is 0 Å². The van der Waals surface area contributed by atoms with E-state index in [9.17, 15) is 29.8 Å². The molecule has 0 fully saturated rings. The topological polar surface area (TPSA) is 191 Å². The molecule has 2 aromatic heterocycles. The molecule has 0 radical (unpaired) electrons. The monoisotopic (exact) mass is 576 g/mol. The second-order valence-corrected chi connectivity index (χ2v) is 9.40. The minimum atomic E-state index is -0.808. The summed E-state index contributed by atoms with van der Waals surface area (Å²) in [5.41, 5.74) is 1.11. The fourth-order valence-corrected chi connectivity index (χ4v) is 4.62. The number of H-pyrrole nitrogens is 1. The summed E-state index contributed by atoms with van der Waals surface area (Å²) in [5, 5.41) is 29.5. The Kier molecular flexibility index (Phi) is 6.76. The molecule has 0 atom stereocenters. The van der Waals surface area contributed by atoms with Crippen molar-refractivity contribution < 1.29 is 19.4 Å². The summed E-state index contributed by atoms with van der Waals surface area (Å²) in [7, 11) is 0. The number of anilines is 2. The molecule has 0 aliphatic carbocycles. The number of hydrogen-bond acceptors (Lipinski definition) is 9. The Morgan fingerprint density at radius 2 is 1.49 bits per heavy atom. The first kappa shape index (κ1) is 26.8. The molecule has 0 aliphatic rings. The highest BCUT2D eigenvalue weighted by Gasteiger charge is 2.29. The van der Waals surface area contributed by atoms with Gasteiger partial charge in [-0.1, -0.05) is 24.3 Å². The third-order valence-electron chi connectivity index (χ3n) is 6.68. The first-order valence-electron chi connectivity index (χ1n) is 12.8. The van der Waals surface area contributed by atoms with Crippen LogP contribution in [0.2, 0.25) is 0 Å². The van der Waals surface area contributed by atoms with Gasteiger partial charge in [0.05, 0.1) is 44.0 Å². The summed E-state index contributed by atoms with van der Waals surface area (Å²) in [5.74, 6) is -0.529. The maximum atomic E-state index is 13.2. The molecule has 0 saturated carbocycles. The van der Waals surface area contributed by atoms with Crippen LogP contribution in [0.3, 0.4) is 0 Å². The summed E-state index contributed by atoms with van der Waals surface area (Å²) < 4.78 is 1.17. The number of fused-ring (bicyclic) bond motifs is 2. The van der Waals surface area contributed by atoms with E-state index in [1.54, 1.807) is 24.3 Å². The fourth-order valence-electron chi connectivity index (χ4n) is 4.62. The van der Waals surface area contributed by atoms with Crippen LogP contribution in [0.4, 0.5) is 22.7 Å². The van der Waals surface area contributed by atoms with Gasteiger partial charge in [-0.3, -0.25) is 34.4 Å². The number of nitro groups is 2. The van der Waals surface area contributed by atoms with Crippen LogP contribution in [0.1, 0.15) is 26.5 Å². The molecule has 212 valence electrons.